The number of carbonyl (C=O) groups excluding carboxylic acids is 1. The zero-order valence-electron chi connectivity index (χ0n) is 13.8. The predicted octanol–water partition coefficient (Wildman–Crippen LogP) is 0.292. The molecular formula is C16H17N5O3S. The molecule has 0 bridgehead atoms. The Morgan fingerprint density at radius 1 is 1.28 bits per heavy atom. The van der Waals surface area contributed by atoms with Crippen LogP contribution in [0.25, 0.3) is 0 Å². The second-order valence-corrected chi connectivity index (χ2v) is 7.83. The quantitative estimate of drug-likeness (QED) is 0.831. The van der Waals surface area contributed by atoms with Gasteiger partial charge in [0.25, 0.3) is 15.9 Å². The van der Waals surface area contributed by atoms with Crippen LogP contribution in [0.3, 0.4) is 0 Å². The first-order chi connectivity index (χ1) is 11.8. The van der Waals surface area contributed by atoms with Gasteiger partial charge in [-0.25, -0.2) is 0 Å². The molecule has 0 unspecified atom stereocenters. The van der Waals surface area contributed by atoms with Crippen molar-refractivity contribution in [1.29, 1.82) is 0 Å². The average molecular weight is 359 g/mol. The van der Waals surface area contributed by atoms with Gasteiger partial charge in [-0.15, -0.1) is 4.40 Å². The SMILES string of the molecule is Cc1cc(C(=O)NC2CN(C3=NS(=O)(=O)c4ccccc43)C2)n(C)n1. The minimum atomic E-state index is -3.62. The van der Waals surface area contributed by atoms with Crippen molar-refractivity contribution in [3.05, 3.63) is 47.3 Å². The lowest BCUT2D eigenvalue weighted by atomic mass is 10.1. The molecule has 1 N–H and O–H groups in total. The Hall–Kier alpha value is -2.68. The highest BCUT2D eigenvalue weighted by Gasteiger charge is 2.38. The number of fused-ring (bicyclic) bond motifs is 1. The molecule has 0 radical (unpaired) electrons. The van der Waals surface area contributed by atoms with E-state index in [9.17, 15) is 13.2 Å². The van der Waals surface area contributed by atoms with Crippen LogP contribution in [0.5, 0.6) is 0 Å². The van der Waals surface area contributed by atoms with Crippen LogP contribution in [0.4, 0.5) is 0 Å². The number of amidine groups is 1. The van der Waals surface area contributed by atoms with Crippen molar-refractivity contribution in [2.75, 3.05) is 13.1 Å². The van der Waals surface area contributed by atoms with Crippen LogP contribution >= 0.6 is 0 Å². The van der Waals surface area contributed by atoms with Crippen molar-refractivity contribution < 1.29 is 13.2 Å². The summed E-state index contributed by atoms with van der Waals surface area (Å²) in [6, 6.07) is 8.47. The van der Waals surface area contributed by atoms with Gasteiger partial charge in [-0.1, -0.05) is 12.1 Å². The molecule has 1 aromatic heterocycles. The number of amides is 1. The van der Waals surface area contributed by atoms with E-state index >= 15 is 0 Å². The van der Waals surface area contributed by atoms with Crippen molar-refractivity contribution in [2.45, 2.75) is 17.9 Å². The van der Waals surface area contributed by atoms with E-state index in [4.69, 9.17) is 0 Å². The van der Waals surface area contributed by atoms with Crippen LogP contribution in [0, 0.1) is 6.92 Å². The van der Waals surface area contributed by atoms with E-state index < -0.39 is 10.0 Å². The van der Waals surface area contributed by atoms with E-state index in [1.54, 1.807) is 42.1 Å². The van der Waals surface area contributed by atoms with Crippen molar-refractivity contribution in [3.8, 4) is 0 Å². The van der Waals surface area contributed by atoms with E-state index in [2.05, 4.69) is 14.8 Å². The summed E-state index contributed by atoms with van der Waals surface area (Å²) < 4.78 is 29.6. The first kappa shape index (κ1) is 15.8. The summed E-state index contributed by atoms with van der Waals surface area (Å²) in [5.41, 5.74) is 1.90. The summed E-state index contributed by atoms with van der Waals surface area (Å²) in [7, 11) is -1.89. The minimum Gasteiger partial charge on any atom is -0.351 e. The van der Waals surface area contributed by atoms with Gasteiger partial charge in [0.15, 0.2) is 5.84 Å². The van der Waals surface area contributed by atoms with Crippen LogP contribution in [0.1, 0.15) is 21.7 Å². The molecule has 1 aromatic carbocycles. The van der Waals surface area contributed by atoms with Crippen LogP contribution in [0.2, 0.25) is 0 Å². The highest BCUT2D eigenvalue weighted by molar-refractivity contribution is 7.90. The Bertz CT molecular complexity index is 1000. The highest BCUT2D eigenvalue weighted by Crippen LogP contribution is 2.29. The smallest absolute Gasteiger partial charge is 0.285 e. The molecule has 0 aliphatic carbocycles. The Labute approximate surface area is 145 Å². The highest BCUT2D eigenvalue weighted by atomic mass is 32.2. The summed E-state index contributed by atoms with van der Waals surface area (Å²) >= 11 is 0. The fourth-order valence-corrected chi connectivity index (χ4v) is 4.37. The molecule has 0 spiro atoms. The van der Waals surface area contributed by atoms with Crippen molar-refractivity contribution in [1.82, 2.24) is 20.0 Å². The zero-order chi connectivity index (χ0) is 17.8. The number of hydrogen-bond acceptors (Lipinski definition) is 5. The molecule has 2 aliphatic heterocycles. The largest absolute Gasteiger partial charge is 0.351 e. The molecule has 4 rings (SSSR count). The van der Waals surface area contributed by atoms with Crippen LogP contribution in [-0.2, 0) is 17.1 Å². The topological polar surface area (TPSA) is 96.7 Å². The number of rotatable bonds is 2. The van der Waals surface area contributed by atoms with Crippen molar-refractivity contribution >= 4 is 21.8 Å². The second kappa shape index (κ2) is 5.41. The van der Waals surface area contributed by atoms with Gasteiger partial charge < -0.3 is 10.2 Å². The first-order valence-corrected chi connectivity index (χ1v) is 9.30. The minimum absolute atomic E-state index is 0.0547. The van der Waals surface area contributed by atoms with Gasteiger partial charge in [-0.3, -0.25) is 9.48 Å². The number of nitrogens with one attached hydrogen (secondary N) is 1. The summed E-state index contributed by atoms with van der Waals surface area (Å²) in [5, 5.41) is 7.10. The number of aryl methyl sites for hydroxylation is 2. The molecule has 2 aliphatic rings. The summed E-state index contributed by atoms with van der Waals surface area (Å²) in [4.78, 5) is 14.4. The van der Waals surface area contributed by atoms with Crippen molar-refractivity contribution in [2.24, 2.45) is 11.4 Å². The number of benzene rings is 1. The fraction of sp³-hybridized carbons (Fsp3) is 0.312. The Kier molecular flexibility index (Phi) is 3.43. The first-order valence-electron chi connectivity index (χ1n) is 7.86. The van der Waals surface area contributed by atoms with Crippen molar-refractivity contribution in [3.63, 3.8) is 0 Å². The summed E-state index contributed by atoms with van der Waals surface area (Å²) in [6.07, 6.45) is 0. The lowest BCUT2D eigenvalue weighted by molar-refractivity contribution is 0.0881. The molecule has 3 heterocycles. The lowest BCUT2D eigenvalue weighted by Crippen LogP contribution is -2.61. The van der Waals surface area contributed by atoms with E-state index in [1.165, 1.54) is 0 Å². The molecule has 25 heavy (non-hydrogen) atoms. The van der Waals surface area contributed by atoms with Gasteiger partial charge in [0, 0.05) is 25.7 Å². The second-order valence-electron chi connectivity index (χ2n) is 6.26. The Balaban J connectivity index is 1.45. The van der Waals surface area contributed by atoms with Gasteiger partial charge in [-0.2, -0.15) is 13.5 Å². The molecule has 8 nitrogen and oxygen atoms in total. The maximum atomic E-state index is 12.3. The molecular weight excluding hydrogens is 342 g/mol. The predicted molar refractivity (Wildman–Crippen MR) is 90.9 cm³/mol. The normalized spacial score (nSPS) is 18.5. The number of nitrogens with zero attached hydrogens (tertiary/aromatic N) is 4. The summed E-state index contributed by atoms with van der Waals surface area (Å²) in [5.74, 6) is 0.270. The van der Waals surface area contributed by atoms with Crippen LogP contribution in [0.15, 0.2) is 39.6 Å². The van der Waals surface area contributed by atoms with Gasteiger partial charge in [0.2, 0.25) is 0 Å². The van der Waals surface area contributed by atoms with E-state index in [0.29, 0.717) is 30.2 Å². The molecule has 0 saturated carbocycles. The summed E-state index contributed by atoms with van der Waals surface area (Å²) in [6.45, 7) is 2.87. The number of aromatic nitrogens is 2. The van der Waals surface area contributed by atoms with Crippen LogP contribution in [-0.4, -0.2) is 54.0 Å². The molecule has 2 aromatic rings. The third kappa shape index (κ3) is 2.60. The lowest BCUT2D eigenvalue weighted by Gasteiger charge is -2.40. The molecule has 1 fully saturated rings. The number of sulfonamides is 1. The fourth-order valence-electron chi connectivity index (χ4n) is 3.14. The molecule has 1 amide bonds. The number of likely N-dealkylation sites (tertiary alicyclic amines) is 1. The van der Waals surface area contributed by atoms with Gasteiger partial charge in [0.1, 0.15) is 10.6 Å². The third-order valence-corrected chi connectivity index (χ3v) is 5.69. The Morgan fingerprint density at radius 2 is 2.00 bits per heavy atom. The maximum Gasteiger partial charge on any atom is 0.285 e. The van der Waals surface area contributed by atoms with Crippen LogP contribution < -0.4 is 5.32 Å². The van der Waals surface area contributed by atoms with Gasteiger partial charge >= 0.3 is 0 Å². The standard InChI is InChI=1S/C16H17N5O3S/c1-10-7-13(20(2)18-10)16(22)17-11-8-21(9-11)15-12-5-3-4-6-14(12)25(23,24)19-15/h3-7,11H,8-9H2,1-2H3,(H,17,22). The molecule has 130 valence electrons. The van der Waals surface area contributed by atoms with Gasteiger partial charge in [-0.05, 0) is 25.1 Å². The van der Waals surface area contributed by atoms with E-state index in [-0.39, 0.29) is 16.8 Å². The average Bonchev–Trinajstić information content (AvgIpc) is 2.99. The van der Waals surface area contributed by atoms with E-state index in [1.807, 2.05) is 11.8 Å². The number of hydrogen-bond donors (Lipinski definition) is 1. The monoisotopic (exact) mass is 359 g/mol. The molecule has 0 atom stereocenters. The maximum absolute atomic E-state index is 12.3. The Morgan fingerprint density at radius 3 is 2.68 bits per heavy atom. The van der Waals surface area contributed by atoms with Gasteiger partial charge in [0.05, 0.1) is 11.7 Å². The van der Waals surface area contributed by atoms with E-state index in [0.717, 1.165) is 5.69 Å². The zero-order valence-corrected chi connectivity index (χ0v) is 14.6. The third-order valence-electron chi connectivity index (χ3n) is 4.36. The number of carbonyl (C=O) groups is 1. The molecule has 1 saturated heterocycles. The molecule has 9 heteroatoms.